The van der Waals surface area contributed by atoms with Crippen molar-refractivity contribution >= 4 is 15.8 Å². The Hall–Kier alpha value is -0.660. The molecular weight excluding hydrogens is 294 g/mol. The summed E-state index contributed by atoms with van der Waals surface area (Å²) in [6.07, 6.45) is 4.44. The summed E-state index contributed by atoms with van der Waals surface area (Å²) in [4.78, 5) is 13.5. The number of likely N-dealkylation sites (N-methyl/N-ethyl adjacent to an activating group) is 1. The molecule has 0 radical (unpaired) electrons. The predicted octanol–water partition coefficient (Wildman–Crippen LogP) is 0.764. The van der Waals surface area contributed by atoms with Crippen molar-refractivity contribution < 1.29 is 23.1 Å². The molecule has 0 aromatic rings. The van der Waals surface area contributed by atoms with Crippen LogP contribution >= 0.6 is 0 Å². The van der Waals surface area contributed by atoms with Crippen LogP contribution in [-0.2, 0) is 19.4 Å². The Balaban J connectivity index is 2.11. The number of sulfone groups is 1. The van der Waals surface area contributed by atoms with Gasteiger partial charge in [0.25, 0.3) is 0 Å². The van der Waals surface area contributed by atoms with E-state index in [0.29, 0.717) is 13.0 Å². The zero-order chi connectivity index (χ0) is 15.6. The first-order chi connectivity index (χ1) is 9.84. The molecule has 4 unspecified atom stereocenters. The number of hydrogen-bond donors (Lipinski definition) is 1. The second-order valence-electron chi connectivity index (χ2n) is 6.15. The number of carboxylic acid groups (broad SMARTS) is 1. The molecule has 0 amide bonds. The van der Waals surface area contributed by atoms with Crippen LogP contribution < -0.4 is 0 Å². The van der Waals surface area contributed by atoms with Crippen LogP contribution in [0.15, 0.2) is 0 Å². The normalized spacial score (nSPS) is 34.2. The van der Waals surface area contributed by atoms with E-state index in [-0.39, 0.29) is 23.9 Å². The molecule has 0 aromatic carbocycles. The van der Waals surface area contributed by atoms with Crippen molar-refractivity contribution in [2.24, 2.45) is 5.92 Å². The van der Waals surface area contributed by atoms with Crippen LogP contribution in [0.1, 0.15) is 32.6 Å². The molecule has 21 heavy (non-hydrogen) atoms. The lowest BCUT2D eigenvalue weighted by Gasteiger charge is -2.40. The molecule has 1 saturated heterocycles. The van der Waals surface area contributed by atoms with E-state index in [2.05, 4.69) is 4.90 Å². The highest BCUT2D eigenvalue weighted by Gasteiger charge is 2.41. The molecule has 2 rings (SSSR count). The molecule has 1 aliphatic carbocycles. The molecule has 1 N–H and O–H groups in total. The SMILES string of the molecule is CCN(C1CCCC(S(C)(=O)=O)C1)C1COCC1C(=O)O. The van der Waals surface area contributed by atoms with Gasteiger partial charge in [-0.2, -0.15) is 0 Å². The molecule has 6 nitrogen and oxygen atoms in total. The highest BCUT2D eigenvalue weighted by Crippen LogP contribution is 2.31. The van der Waals surface area contributed by atoms with Crippen molar-refractivity contribution in [3.63, 3.8) is 0 Å². The van der Waals surface area contributed by atoms with Gasteiger partial charge in [-0.15, -0.1) is 0 Å². The van der Waals surface area contributed by atoms with Crippen molar-refractivity contribution in [2.45, 2.75) is 49.9 Å². The molecule has 0 bridgehead atoms. The number of carboxylic acids is 1. The Kier molecular flexibility index (Phi) is 5.27. The molecule has 4 atom stereocenters. The summed E-state index contributed by atoms with van der Waals surface area (Å²) in [6, 6.07) is -0.00663. The van der Waals surface area contributed by atoms with E-state index in [0.717, 1.165) is 25.8 Å². The minimum Gasteiger partial charge on any atom is -0.481 e. The first kappa shape index (κ1) is 16.7. The fourth-order valence-corrected chi connectivity index (χ4v) is 4.85. The zero-order valence-corrected chi connectivity index (χ0v) is 13.5. The minimum atomic E-state index is -3.03. The Morgan fingerprint density at radius 3 is 2.62 bits per heavy atom. The maximum Gasteiger partial charge on any atom is 0.310 e. The summed E-state index contributed by atoms with van der Waals surface area (Å²) in [7, 11) is -3.03. The van der Waals surface area contributed by atoms with Crippen molar-refractivity contribution in [2.75, 3.05) is 26.0 Å². The van der Waals surface area contributed by atoms with Gasteiger partial charge in [-0.25, -0.2) is 8.42 Å². The Morgan fingerprint density at radius 1 is 1.33 bits per heavy atom. The maximum absolute atomic E-state index is 11.8. The molecular formula is C14H25NO5S. The molecule has 1 aliphatic heterocycles. The van der Waals surface area contributed by atoms with Gasteiger partial charge in [-0.1, -0.05) is 13.3 Å². The van der Waals surface area contributed by atoms with Crippen molar-refractivity contribution in [1.82, 2.24) is 4.90 Å². The smallest absolute Gasteiger partial charge is 0.310 e. The first-order valence-electron chi connectivity index (χ1n) is 7.59. The summed E-state index contributed by atoms with van der Waals surface area (Å²) in [5.74, 6) is -1.34. The lowest BCUT2D eigenvalue weighted by molar-refractivity contribution is -0.143. The summed E-state index contributed by atoms with van der Waals surface area (Å²) >= 11 is 0. The fourth-order valence-electron chi connectivity index (χ4n) is 3.68. The van der Waals surface area contributed by atoms with Crippen LogP contribution in [0, 0.1) is 5.92 Å². The Labute approximate surface area is 126 Å². The molecule has 1 saturated carbocycles. The summed E-state index contributed by atoms with van der Waals surface area (Å²) in [5.41, 5.74) is 0. The lowest BCUT2D eigenvalue weighted by atomic mass is 9.90. The van der Waals surface area contributed by atoms with Gasteiger partial charge in [0.1, 0.15) is 9.84 Å². The third-order valence-electron chi connectivity index (χ3n) is 4.83. The Bertz CT molecular complexity index is 478. The second kappa shape index (κ2) is 6.62. The summed E-state index contributed by atoms with van der Waals surface area (Å²) in [6.45, 7) is 3.39. The van der Waals surface area contributed by atoms with Gasteiger partial charge < -0.3 is 9.84 Å². The van der Waals surface area contributed by atoms with E-state index < -0.39 is 21.7 Å². The summed E-state index contributed by atoms with van der Waals surface area (Å²) < 4.78 is 29.0. The third kappa shape index (κ3) is 3.76. The predicted molar refractivity (Wildman–Crippen MR) is 79.0 cm³/mol. The standard InChI is InChI=1S/C14H25NO5S/c1-3-15(13-9-20-8-12(13)14(16)17)10-5-4-6-11(7-10)21(2,18)19/h10-13H,3-9H2,1-2H3,(H,16,17). The molecule has 7 heteroatoms. The minimum absolute atomic E-state index is 0.136. The second-order valence-corrected chi connectivity index (χ2v) is 8.48. The van der Waals surface area contributed by atoms with Gasteiger partial charge in [-0.05, 0) is 25.8 Å². The van der Waals surface area contributed by atoms with Gasteiger partial charge >= 0.3 is 5.97 Å². The highest BCUT2D eigenvalue weighted by atomic mass is 32.2. The third-order valence-corrected chi connectivity index (χ3v) is 6.47. The van der Waals surface area contributed by atoms with Gasteiger partial charge in [0, 0.05) is 18.3 Å². The van der Waals surface area contributed by atoms with E-state index in [4.69, 9.17) is 4.74 Å². The molecule has 0 spiro atoms. The topological polar surface area (TPSA) is 83.9 Å². The van der Waals surface area contributed by atoms with Gasteiger partial charge in [0.2, 0.25) is 0 Å². The van der Waals surface area contributed by atoms with Crippen molar-refractivity contribution in [3.8, 4) is 0 Å². The van der Waals surface area contributed by atoms with E-state index >= 15 is 0 Å². The van der Waals surface area contributed by atoms with Crippen LogP contribution in [0.4, 0.5) is 0 Å². The van der Waals surface area contributed by atoms with E-state index in [9.17, 15) is 18.3 Å². The molecule has 1 heterocycles. The molecule has 2 fully saturated rings. The zero-order valence-electron chi connectivity index (χ0n) is 12.7. The quantitative estimate of drug-likeness (QED) is 0.805. The lowest BCUT2D eigenvalue weighted by Crippen LogP contribution is -2.51. The van der Waals surface area contributed by atoms with Crippen LogP contribution in [0.3, 0.4) is 0 Å². The van der Waals surface area contributed by atoms with E-state index in [1.165, 1.54) is 6.26 Å². The fraction of sp³-hybridized carbons (Fsp3) is 0.929. The van der Waals surface area contributed by atoms with Crippen LogP contribution in [0.25, 0.3) is 0 Å². The number of aliphatic carboxylic acids is 1. The van der Waals surface area contributed by atoms with Crippen LogP contribution in [0.5, 0.6) is 0 Å². The Morgan fingerprint density at radius 2 is 2.05 bits per heavy atom. The first-order valence-corrected chi connectivity index (χ1v) is 9.55. The van der Waals surface area contributed by atoms with Gasteiger partial charge in [-0.3, -0.25) is 9.69 Å². The molecule has 2 aliphatic rings. The van der Waals surface area contributed by atoms with Crippen LogP contribution in [-0.4, -0.2) is 67.7 Å². The molecule has 0 aromatic heterocycles. The van der Waals surface area contributed by atoms with Crippen molar-refractivity contribution in [1.29, 1.82) is 0 Å². The number of ether oxygens (including phenoxy) is 1. The average molecular weight is 319 g/mol. The summed E-state index contributed by atoms with van der Waals surface area (Å²) in [5, 5.41) is 9.01. The van der Waals surface area contributed by atoms with Gasteiger partial charge in [0.15, 0.2) is 0 Å². The van der Waals surface area contributed by atoms with Crippen LogP contribution in [0.2, 0.25) is 0 Å². The number of rotatable bonds is 5. The largest absolute Gasteiger partial charge is 0.481 e. The monoisotopic (exact) mass is 319 g/mol. The number of nitrogens with zero attached hydrogens (tertiary/aromatic N) is 1. The average Bonchev–Trinajstić information content (AvgIpc) is 2.88. The van der Waals surface area contributed by atoms with Gasteiger partial charge in [0.05, 0.1) is 24.4 Å². The number of hydrogen-bond acceptors (Lipinski definition) is 5. The van der Waals surface area contributed by atoms with E-state index in [1.807, 2.05) is 6.92 Å². The van der Waals surface area contributed by atoms with Crippen molar-refractivity contribution in [3.05, 3.63) is 0 Å². The maximum atomic E-state index is 11.8. The highest BCUT2D eigenvalue weighted by molar-refractivity contribution is 7.91. The number of carbonyl (C=O) groups is 1. The molecule has 122 valence electrons. The van der Waals surface area contributed by atoms with E-state index in [1.54, 1.807) is 0 Å².